The molecule has 0 aliphatic heterocycles. The molecule has 4 atom stereocenters. The van der Waals surface area contributed by atoms with Crippen molar-refractivity contribution in [3.8, 4) is 23.0 Å². The summed E-state index contributed by atoms with van der Waals surface area (Å²) in [7, 11) is 0. The molecule has 8 saturated carbocycles. The van der Waals surface area contributed by atoms with Crippen LogP contribution in [0.5, 0.6) is 23.0 Å². The standard InChI is InChI=1S/C52H54O6/c1-47-19-31-20-48(2,25-47)28-51(23-31,27-47)41-13-15-43(57-35-9-5-33(6-10-35)45(53)54)39-18-40-38(17-37(39)41)42(14-16-44(40)58-36-11-7-34(8-12-36)46(55)56)52-24-32-21-49(3,29-52)26-50(4,22-32)30-52/h5-18,31-32H,19-30H2,1-4H3,(H,53,54)(H,55,56). The first kappa shape index (κ1) is 36.3. The van der Waals surface area contributed by atoms with Gasteiger partial charge >= 0.3 is 11.9 Å². The first-order valence-corrected chi connectivity index (χ1v) is 21.6. The molecule has 8 bridgehead atoms. The first-order valence-electron chi connectivity index (χ1n) is 21.6. The van der Waals surface area contributed by atoms with E-state index in [0.717, 1.165) is 34.1 Å². The lowest BCUT2D eigenvalue weighted by molar-refractivity contribution is -0.109. The second-order valence-electron chi connectivity index (χ2n) is 21.8. The van der Waals surface area contributed by atoms with E-state index in [0.29, 0.717) is 33.2 Å². The van der Waals surface area contributed by atoms with Crippen LogP contribution in [-0.2, 0) is 10.8 Å². The van der Waals surface area contributed by atoms with Gasteiger partial charge < -0.3 is 19.7 Å². The van der Waals surface area contributed by atoms with Crippen molar-refractivity contribution in [2.45, 2.75) is 116 Å². The summed E-state index contributed by atoms with van der Waals surface area (Å²) in [5.74, 6) is 2.21. The normalized spacial score (nSPS) is 35.4. The Morgan fingerprint density at radius 1 is 0.466 bits per heavy atom. The summed E-state index contributed by atoms with van der Waals surface area (Å²) >= 11 is 0. The number of carboxylic acids is 2. The van der Waals surface area contributed by atoms with Gasteiger partial charge in [0, 0.05) is 10.8 Å². The van der Waals surface area contributed by atoms with Gasteiger partial charge in [-0.3, -0.25) is 0 Å². The second kappa shape index (κ2) is 11.9. The van der Waals surface area contributed by atoms with Gasteiger partial charge in [-0.15, -0.1) is 0 Å². The predicted molar refractivity (Wildman–Crippen MR) is 227 cm³/mol. The molecule has 5 aromatic carbocycles. The molecule has 5 aromatic rings. The van der Waals surface area contributed by atoms with Crippen LogP contribution >= 0.6 is 0 Å². The van der Waals surface area contributed by atoms with Gasteiger partial charge in [0.05, 0.1) is 11.1 Å². The smallest absolute Gasteiger partial charge is 0.335 e. The third-order valence-corrected chi connectivity index (χ3v) is 16.1. The van der Waals surface area contributed by atoms with Gasteiger partial charge in [-0.05, 0) is 216 Å². The summed E-state index contributed by atoms with van der Waals surface area (Å²) in [6, 6.07) is 27.3. The van der Waals surface area contributed by atoms with Crippen molar-refractivity contribution >= 4 is 33.5 Å². The molecule has 0 spiro atoms. The summed E-state index contributed by atoms with van der Waals surface area (Å²) < 4.78 is 13.5. The summed E-state index contributed by atoms with van der Waals surface area (Å²) in [5.41, 5.74) is 4.86. The van der Waals surface area contributed by atoms with Crippen molar-refractivity contribution in [3.05, 3.63) is 107 Å². The van der Waals surface area contributed by atoms with E-state index < -0.39 is 11.9 Å². The Hall–Kier alpha value is -4.84. The van der Waals surface area contributed by atoms with Gasteiger partial charge in [0.25, 0.3) is 0 Å². The van der Waals surface area contributed by atoms with Crippen LogP contribution in [0.25, 0.3) is 21.5 Å². The van der Waals surface area contributed by atoms with Crippen LogP contribution in [0, 0.1) is 33.5 Å². The maximum absolute atomic E-state index is 11.7. The largest absolute Gasteiger partial charge is 0.478 e. The summed E-state index contributed by atoms with van der Waals surface area (Å²) in [6.07, 6.45) is 15.2. The molecule has 13 rings (SSSR count). The third-order valence-electron chi connectivity index (χ3n) is 16.1. The third kappa shape index (κ3) is 5.63. The van der Waals surface area contributed by atoms with E-state index in [2.05, 4.69) is 64.1 Å². The average molecular weight is 775 g/mol. The molecule has 58 heavy (non-hydrogen) atoms. The van der Waals surface area contributed by atoms with Crippen LogP contribution < -0.4 is 9.47 Å². The topological polar surface area (TPSA) is 93.1 Å². The van der Waals surface area contributed by atoms with E-state index in [1.54, 1.807) is 48.5 Å². The van der Waals surface area contributed by atoms with Gasteiger partial charge in [0.2, 0.25) is 0 Å². The molecule has 6 heteroatoms. The maximum Gasteiger partial charge on any atom is 0.335 e. The van der Waals surface area contributed by atoms with Gasteiger partial charge in [0.15, 0.2) is 0 Å². The van der Waals surface area contributed by atoms with Crippen molar-refractivity contribution < 1.29 is 29.3 Å². The van der Waals surface area contributed by atoms with E-state index >= 15 is 0 Å². The Morgan fingerprint density at radius 3 is 1.14 bits per heavy atom. The van der Waals surface area contributed by atoms with E-state index in [1.165, 1.54) is 98.9 Å². The zero-order valence-electron chi connectivity index (χ0n) is 34.3. The SMILES string of the molecule is CC12CC3CC(C)(C1)CC(c1ccc(Oc4ccc(C(=O)O)cc4)c4cc5c(Oc6ccc(C(=O)O)cc6)ccc(C67CC8CC(C)(CC(C)(C8)C6)C7)c5cc14)(C3)C2. The van der Waals surface area contributed by atoms with Crippen molar-refractivity contribution in [2.75, 3.05) is 0 Å². The summed E-state index contributed by atoms with van der Waals surface area (Å²) in [4.78, 5) is 23.4. The van der Waals surface area contributed by atoms with Crippen molar-refractivity contribution in [1.29, 1.82) is 0 Å². The van der Waals surface area contributed by atoms with E-state index in [1.807, 2.05) is 0 Å². The first-order chi connectivity index (χ1) is 27.5. The molecule has 0 aromatic heterocycles. The van der Waals surface area contributed by atoms with Crippen LogP contribution in [0.1, 0.15) is 137 Å². The predicted octanol–water partition coefficient (Wildman–Crippen LogP) is 13.5. The van der Waals surface area contributed by atoms with Crippen LogP contribution in [0.2, 0.25) is 0 Å². The Balaban J connectivity index is 1.15. The van der Waals surface area contributed by atoms with Gasteiger partial charge in [-0.2, -0.15) is 0 Å². The molecule has 8 aliphatic carbocycles. The van der Waals surface area contributed by atoms with Crippen LogP contribution in [0.3, 0.4) is 0 Å². The number of carbonyl (C=O) groups is 2. The number of aromatic carboxylic acids is 2. The second-order valence-corrected chi connectivity index (χ2v) is 21.8. The Kier molecular flexibility index (Phi) is 7.43. The number of fused-ring (bicyclic) bond motifs is 2. The zero-order valence-corrected chi connectivity index (χ0v) is 34.3. The minimum Gasteiger partial charge on any atom is -0.478 e. The number of hydrogen-bond acceptors (Lipinski definition) is 4. The average Bonchev–Trinajstić information content (AvgIpc) is 3.12. The fraction of sp³-hybridized carbons (Fsp3) is 0.462. The Bertz CT molecular complexity index is 2360. The Morgan fingerprint density at radius 2 is 0.810 bits per heavy atom. The zero-order chi connectivity index (χ0) is 40.0. The van der Waals surface area contributed by atoms with Crippen LogP contribution in [-0.4, -0.2) is 22.2 Å². The fourth-order valence-corrected chi connectivity index (χ4v) is 16.3. The molecule has 0 saturated heterocycles. The van der Waals surface area contributed by atoms with Crippen molar-refractivity contribution in [1.82, 2.24) is 0 Å². The summed E-state index contributed by atoms with van der Waals surface area (Å²) in [5, 5.41) is 23.8. The highest BCUT2D eigenvalue weighted by molar-refractivity contribution is 6.06. The molecule has 0 amide bonds. The number of hydrogen-bond donors (Lipinski definition) is 2. The quantitative estimate of drug-likeness (QED) is 0.153. The maximum atomic E-state index is 11.7. The molecular formula is C52H54O6. The molecule has 4 unspecified atom stereocenters. The fourth-order valence-electron chi connectivity index (χ4n) is 16.3. The number of ether oxygens (including phenoxy) is 2. The lowest BCUT2D eigenvalue weighted by Gasteiger charge is -2.66. The number of rotatable bonds is 8. The molecule has 2 N–H and O–H groups in total. The van der Waals surface area contributed by atoms with Gasteiger partial charge in [0.1, 0.15) is 23.0 Å². The van der Waals surface area contributed by atoms with Crippen molar-refractivity contribution in [2.24, 2.45) is 33.5 Å². The van der Waals surface area contributed by atoms with Crippen LogP contribution in [0.15, 0.2) is 84.9 Å². The highest BCUT2D eigenvalue weighted by Crippen LogP contribution is 2.72. The molecule has 0 heterocycles. The minimum absolute atomic E-state index is 0.0817. The minimum atomic E-state index is -0.964. The van der Waals surface area contributed by atoms with E-state index in [9.17, 15) is 19.8 Å². The molecule has 0 radical (unpaired) electrons. The molecule has 8 fully saturated rings. The van der Waals surface area contributed by atoms with Gasteiger partial charge in [-0.1, -0.05) is 39.8 Å². The summed E-state index contributed by atoms with van der Waals surface area (Å²) in [6.45, 7) is 10.2. The molecular weight excluding hydrogens is 721 g/mol. The molecule has 298 valence electrons. The Labute approximate surface area is 341 Å². The monoisotopic (exact) mass is 774 g/mol. The van der Waals surface area contributed by atoms with Crippen molar-refractivity contribution in [3.63, 3.8) is 0 Å². The number of carboxylic acid groups (broad SMARTS) is 2. The highest BCUT2D eigenvalue weighted by Gasteiger charge is 2.62. The lowest BCUT2D eigenvalue weighted by Crippen LogP contribution is -2.57. The molecule has 6 nitrogen and oxygen atoms in total. The number of benzene rings is 5. The lowest BCUT2D eigenvalue weighted by atomic mass is 9.39. The van der Waals surface area contributed by atoms with Crippen LogP contribution in [0.4, 0.5) is 0 Å². The van der Waals surface area contributed by atoms with E-state index in [4.69, 9.17) is 9.47 Å². The van der Waals surface area contributed by atoms with Gasteiger partial charge in [-0.25, -0.2) is 9.59 Å². The molecule has 8 aliphatic rings. The van der Waals surface area contributed by atoms with E-state index in [-0.39, 0.29) is 22.0 Å². The highest BCUT2D eigenvalue weighted by atomic mass is 16.5.